The van der Waals surface area contributed by atoms with E-state index in [0.29, 0.717) is 30.8 Å². The lowest BCUT2D eigenvalue weighted by atomic mass is 9.86. The summed E-state index contributed by atoms with van der Waals surface area (Å²) in [5, 5.41) is 3.39. The van der Waals surface area contributed by atoms with Gasteiger partial charge in [-0.15, -0.1) is 0 Å². The molecule has 3 rings (SSSR count). The second-order valence-electron chi connectivity index (χ2n) is 9.91. The number of hydrogen-bond acceptors (Lipinski definition) is 2. The molecule has 1 atom stereocenters. The van der Waals surface area contributed by atoms with Crippen LogP contribution in [0.1, 0.15) is 49.4 Å². The lowest BCUT2D eigenvalue weighted by molar-refractivity contribution is -0.141. The van der Waals surface area contributed by atoms with Crippen LogP contribution in [0.2, 0.25) is 5.02 Å². The molecule has 0 bridgehead atoms. The van der Waals surface area contributed by atoms with Gasteiger partial charge in [0.2, 0.25) is 11.8 Å². The minimum atomic E-state index is -0.617. The molecule has 0 aromatic heterocycles. The first-order valence-corrected chi connectivity index (χ1v) is 12.4. The smallest absolute Gasteiger partial charge is 0.242 e. The monoisotopic (exact) mass is 490 g/mol. The highest BCUT2D eigenvalue weighted by Gasteiger charge is 2.29. The lowest BCUT2D eigenvalue weighted by Gasteiger charge is -2.31. The predicted molar refractivity (Wildman–Crippen MR) is 143 cm³/mol. The minimum absolute atomic E-state index is 0.0515. The van der Waals surface area contributed by atoms with Crippen LogP contribution in [0.4, 0.5) is 0 Å². The summed E-state index contributed by atoms with van der Waals surface area (Å²) in [6, 6.07) is 25.1. The van der Waals surface area contributed by atoms with Crippen molar-refractivity contribution in [3.8, 4) is 0 Å². The van der Waals surface area contributed by atoms with Gasteiger partial charge in [-0.25, -0.2) is 0 Å². The molecule has 3 aromatic carbocycles. The highest BCUT2D eigenvalue weighted by Crippen LogP contribution is 2.23. The zero-order valence-electron chi connectivity index (χ0n) is 21.1. The van der Waals surface area contributed by atoms with Crippen LogP contribution in [0.5, 0.6) is 0 Å². The van der Waals surface area contributed by atoms with Crippen molar-refractivity contribution in [3.63, 3.8) is 0 Å². The van der Waals surface area contributed by atoms with Crippen molar-refractivity contribution in [1.82, 2.24) is 10.2 Å². The Morgan fingerprint density at radius 1 is 0.857 bits per heavy atom. The first-order chi connectivity index (χ1) is 16.7. The summed E-state index contributed by atoms with van der Waals surface area (Å²) in [7, 11) is 1.61. The average Bonchev–Trinajstić information content (AvgIpc) is 2.85. The molecule has 0 aliphatic carbocycles. The first-order valence-electron chi connectivity index (χ1n) is 12.1. The Hall–Kier alpha value is -3.11. The zero-order valence-corrected chi connectivity index (χ0v) is 21.8. The van der Waals surface area contributed by atoms with Crippen LogP contribution >= 0.6 is 11.6 Å². The van der Waals surface area contributed by atoms with Crippen LogP contribution in [-0.2, 0) is 34.4 Å². The fraction of sp³-hybridized carbons (Fsp3) is 0.333. The molecule has 1 N–H and O–H groups in total. The Balaban J connectivity index is 1.83. The zero-order chi connectivity index (χ0) is 25.4. The number of rotatable bonds is 9. The third-order valence-electron chi connectivity index (χ3n) is 6.23. The number of benzene rings is 3. The van der Waals surface area contributed by atoms with Crippen LogP contribution in [-0.4, -0.2) is 29.8 Å². The Labute approximate surface area is 214 Å². The summed E-state index contributed by atoms with van der Waals surface area (Å²) in [5.74, 6) is -0.227. The fourth-order valence-corrected chi connectivity index (χ4v) is 4.20. The maximum Gasteiger partial charge on any atom is 0.242 e. The molecule has 0 heterocycles. The molecule has 1 unspecified atom stereocenters. The molecule has 0 aliphatic rings. The molecule has 3 aromatic rings. The number of likely N-dealkylation sites (N-methyl/N-ethyl adjacent to an activating group) is 1. The highest BCUT2D eigenvalue weighted by atomic mass is 35.5. The van der Waals surface area contributed by atoms with Crippen LogP contribution in [0, 0.1) is 0 Å². The van der Waals surface area contributed by atoms with Gasteiger partial charge in [-0.3, -0.25) is 9.59 Å². The Bertz CT molecular complexity index is 1100. The number of carbonyl (C=O) groups is 2. The molecule has 2 amide bonds. The van der Waals surface area contributed by atoms with Crippen LogP contribution in [0.3, 0.4) is 0 Å². The van der Waals surface area contributed by atoms with E-state index in [1.165, 1.54) is 5.56 Å². The van der Waals surface area contributed by atoms with Gasteiger partial charge in [-0.05, 0) is 46.2 Å². The number of hydrogen-bond donors (Lipinski definition) is 1. The van der Waals surface area contributed by atoms with Crippen molar-refractivity contribution in [2.24, 2.45) is 0 Å². The average molecular weight is 491 g/mol. The molecule has 0 saturated heterocycles. The fourth-order valence-electron chi connectivity index (χ4n) is 4.07. The van der Waals surface area contributed by atoms with Gasteiger partial charge in [0.1, 0.15) is 6.04 Å². The number of amides is 2. The summed E-state index contributed by atoms with van der Waals surface area (Å²) < 4.78 is 0. The molecule has 0 saturated carbocycles. The van der Waals surface area contributed by atoms with Crippen LogP contribution in [0.15, 0.2) is 78.9 Å². The van der Waals surface area contributed by atoms with E-state index in [4.69, 9.17) is 11.6 Å². The number of nitrogens with zero attached hydrogens (tertiary/aromatic N) is 1. The van der Waals surface area contributed by atoms with Crippen molar-refractivity contribution in [3.05, 3.63) is 106 Å². The molecule has 5 heteroatoms. The van der Waals surface area contributed by atoms with Gasteiger partial charge >= 0.3 is 0 Å². The van der Waals surface area contributed by atoms with E-state index in [0.717, 1.165) is 16.7 Å². The van der Waals surface area contributed by atoms with Crippen molar-refractivity contribution in [2.75, 3.05) is 7.05 Å². The van der Waals surface area contributed by atoms with Crippen LogP contribution < -0.4 is 5.32 Å². The van der Waals surface area contributed by atoms with Crippen molar-refractivity contribution in [2.45, 2.75) is 58.0 Å². The van der Waals surface area contributed by atoms with Gasteiger partial charge < -0.3 is 10.2 Å². The number of nitrogens with one attached hydrogen (secondary N) is 1. The SMILES string of the molecule is CNC(=O)C(Cc1ccccc1)N(Cc1ccc(Cl)cc1)C(=O)CCc1ccc(C(C)(C)C)cc1. The molecule has 0 fully saturated rings. The minimum Gasteiger partial charge on any atom is -0.357 e. The molecule has 4 nitrogen and oxygen atoms in total. The second-order valence-corrected chi connectivity index (χ2v) is 10.4. The molecule has 0 aliphatic heterocycles. The van der Waals surface area contributed by atoms with Crippen molar-refractivity contribution in [1.29, 1.82) is 0 Å². The topological polar surface area (TPSA) is 49.4 Å². The standard InChI is InChI=1S/C30H35ClN2O2/c1-30(2,3)25-15-10-22(11-16-25)14-19-28(34)33(21-24-12-17-26(31)18-13-24)27(29(35)32-4)20-23-8-6-5-7-9-23/h5-13,15-18,27H,14,19-21H2,1-4H3,(H,32,35). The Morgan fingerprint density at radius 2 is 1.46 bits per heavy atom. The molecule has 35 heavy (non-hydrogen) atoms. The molecular formula is C30H35ClN2O2. The number of halogens is 1. The van der Waals surface area contributed by atoms with Gasteiger partial charge in [0, 0.05) is 31.5 Å². The molecule has 0 radical (unpaired) electrons. The van der Waals surface area contributed by atoms with E-state index in [-0.39, 0.29) is 17.2 Å². The summed E-state index contributed by atoms with van der Waals surface area (Å²) >= 11 is 6.07. The van der Waals surface area contributed by atoms with E-state index >= 15 is 0 Å². The van der Waals surface area contributed by atoms with Crippen LogP contribution in [0.25, 0.3) is 0 Å². The summed E-state index contributed by atoms with van der Waals surface area (Å²) in [5.41, 5.74) is 4.39. The van der Waals surface area contributed by atoms with E-state index in [1.807, 2.05) is 54.6 Å². The van der Waals surface area contributed by atoms with E-state index in [9.17, 15) is 9.59 Å². The summed E-state index contributed by atoms with van der Waals surface area (Å²) in [6.07, 6.45) is 1.39. The maximum absolute atomic E-state index is 13.6. The van der Waals surface area contributed by atoms with Gasteiger partial charge in [-0.2, -0.15) is 0 Å². The Morgan fingerprint density at radius 3 is 2.03 bits per heavy atom. The lowest BCUT2D eigenvalue weighted by Crippen LogP contribution is -2.49. The molecule has 184 valence electrons. The van der Waals surface area contributed by atoms with Gasteiger partial charge in [0.15, 0.2) is 0 Å². The quantitative estimate of drug-likeness (QED) is 0.402. The highest BCUT2D eigenvalue weighted by molar-refractivity contribution is 6.30. The predicted octanol–water partition coefficient (Wildman–Crippen LogP) is 5.96. The van der Waals surface area contributed by atoms with Gasteiger partial charge in [0.25, 0.3) is 0 Å². The molecule has 0 spiro atoms. The summed E-state index contributed by atoms with van der Waals surface area (Å²) in [4.78, 5) is 28.3. The van der Waals surface area contributed by atoms with Gasteiger partial charge in [0.05, 0.1) is 0 Å². The van der Waals surface area contributed by atoms with Crippen molar-refractivity contribution < 1.29 is 9.59 Å². The van der Waals surface area contributed by atoms with E-state index in [2.05, 4.69) is 50.4 Å². The third-order valence-corrected chi connectivity index (χ3v) is 6.48. The summed E-state index contributed by atoms with van der Waals surface area (Å²) in [6.45, 7) is 6.90. The second kappa shape index (κ2) is 12.0. The number of carbonyl (C=O) groups excluding carboxylic acids is 2. The van der Waals surface area contributed by atoms with Crippen molar-refractivity contribution >= 4 is 23.4 Å². The first kappa shape index (κ1) is 26.5. The third kappa shape index (κ3) is 7.69. The number of aryl methyl sites for hydroxylation is 1. The normalized spacial score (nSPS) is 12.1. The Kier molecular flexibility index (Phi) is 9.11. The maximum atomic E-state index is 13.6. The van der Waals surface area contributed by atoms with E-state index < -0.39 is 6.04 Å². The van der Waals surface area contributed by atoms with E-state index in [1.54, 1.807) is 11.9 Å². The van der Waals surface area contributed by atoms with Gasteiger partial charge in [-0.1, -0.05) is 99.1 Å². The largest absolute Gasteiger partial charge is 0.357 e. The molecular weight excluding hydrogens is 456 g/mol.